The normalized spacial score (nSPS) is 20.4. The zero-order chi connectivity index (χ0) is 18.4. The number of alkyl halides is 2. The Labute approximate surface area is 154 Å². The maximum Gasteiger partial charge on any atom is 0.387 e. The molecule has 0 bridgehead atoms. The van der Waals surface area contributed by atoms with E-state index in [4.69, 9.17) is 0 Å². The number of amides is 1. The summed E-state index contributed by atoms with van der Waals surface area (Å²) in [6.07, 6.45) is 6.82. The second-order valence-electron chi connectivity index (χ2n) is 7.36. The molecule has 0 aromatic heterocycles. The summed E-state index contributed by atoms with van der Waals surface area (Å²) in [6, 6.07) is 6.90. The van der Waals surface area contributed by atoms with E-state index in [-0.39, 0.29) is 11.7 Å². The number of benzene rings is 1. The Morgan fingerprint density at radius 2 is 1.85 bits per heavy atom. The van der Waals surface area contributed by atoms with E-state index in [1.54, 1.807) is 12.1 Å². The van der Waals surface area contributed by atoms with Crippen molar-refractivity contribution in [2.75, 3.05) is 26.2 Å². The van der Waals surface area contributed by atoms with Gasteiger partial charge in [-0.3, -0.25) is 9.69 Å². The van der Waals surface area contributed by atoms with Gasteiger partial charge in [-0.05, 0) is 24.8 Å². The predicted molar refractivity (Wildman–Crippen MR) is 96.1 cm³/mol. The van der Waals surface area contributed by atoms with Crippen LogP contribution in [-0.2, 0) is 11.3 Å². The molecule has 1 saturated heterocycles. The molecule has 2 aliphatic rings. The molecule has 0 atom stereocenters. The summed E-state index contributed by atoms with van der Waals surface area (Å²) in [6.45, 7) is 0.705. The molecule has 4 nitrogen and oxygen atoms in total. The van der Waals surface area contributed by atoms with Gasteiger partial charge < -0.3 is 9.64 Å². The van der Waals surface area contributed by atoms with Crippen molar-refractivity contribution < 1.29 is 18.3 Å². The number of carbonyl (C=O) groups is 1. The number of carbonyl (C=O) groups excluding carboxylic acids is 1. The van der Waals surface area contributed by atoms with Crippen LogP contribution in [0, 0.1) is 5.92 Å². The molecule has 1 aliphatic heterocycles. The molecule has 0 N–H and O–H groups in total. The van der Waals surface area contributed by atoms with Crippen LogP contribution in [0.15, 0.2) is 24.3 Å². The van der Waals surface area contributed by atoms with E-state index in [0.717, 1.165) is 18.7 Å². The molecule has 1 aliphatic carbocycles. The quantitative estimate of drug-likeness (QED) is 0.765. The fraction of sp³-hybridized carbons (Fsp3) is 0.650. The molecule has 3 rings (SSSR count). The third kappa shape index (κ3) is 5.40. The van der Waals surface area contributed by atoms with Crippen LogP contribution in [0.1, 0.15) is 44.1 Å². The summed E-state index contributed by atoms with van der Waals surface area (Å²) in [7, 11) is 0. The standard InChI is InChI=1S/C20H28F2N2O2/c21-20(22)26-18-9-5-4-8-17(18)15-23-11-10-19(25)24(13-12-23)14-16-6-2-1-3-7-16/h4-5,8-9,16,20H,1-3,6-7,10-15H2. The fourth-order valence-electron chi connectivity index (χ4n) is 4.03. The van der Waals surface area contributed by atoms with E-state index in [2.05, 4.69) is 9.64 Å². The largest absolute Gasteiger partial charge is 0.434 e. The predicted octanol–water partition coefficient (Wildman–Crippen LogP) is 3.90. The van der Waals surface area contributed by atoms with Gasteiger partial charge in [0.1, 0.15) is 5.75 Å². The molecule has 1 heterocycles. The van der Waals surface area contributed by atoms with Crippen molar-refractivity contribution in [3.8, 4) is 5.75 Å². The first-order valence-electron chi connectivity index (χ1n) is 9.64. The maximum atomic E-state index is 12.6. The lowest BCUT2D eigenvalue weighted by Crippen LogP contribution is -2.37. The summed E-state index contributed by atoms with van der Waals surface area (Å²) in [5, 5.41) is 0. The summed E-state index contributed by atoms with van der Waals surface area (Å²) in [5.74, 6) is 1.08. The van der Waals surface area contributed by atoms with Crippen molar-refractivity contribution in [2.45, 2.75) is 51.7 Å². The molecule has 1 aromatic rings. The second kappa shape index (κ2) is 9.31. The van der Waals surface area contributed by atoms with E-state index < -0.39 is 6.61 Å². The van der Waals surface area contributed by atoms with Gasteiger partial charge >= 0.3 is 6.61 Å². The van der Waals surface area contributed by atoms with Crippen molar-refractivity contribution in [1.82, 2.24) is 9.80 Å². The molecule has 26 heavy (non-hydrogen) atoms. The number of rotatable bonds is 6. The van der Waals surface area contributed by atoms with Crippen molar-refractivity contribution in [3.63, 3.8) is 0 Å². The van der Waals surface area contributed by atoms with Crippen molar-refractivity contribution in [2.24, 2.45) is 5.92 Å². The van der Waals surface area contributed by atoms with Gasteiger partial charge in [0.05, 0.1) is 0 Å². The molecular formula is C20H28F2N2O2. The molecule has 1 aromatic carbocycles. The van der Waals surface area contributed by atoms with Crippen LogP contribution in [-0.4, -0.2) is 48.5 Å². The lowest BCUT2D eigenvalue weighted by Gasteiger charge is -2.29. The minimum absolute atomic E-state index is 0.218. The number of para-hydroxylation sites is 1. The number of hydrogen-bond donors (Lipinski definition) is 0. The third-order valence-electron chi connectivity index (χ3n) is 5.47. The molecule has 1 saturated carbocycles. The highest BCUT2D eigenvalue weighted by molar-refractivity contribution is 5.76. The molecule has 0 spiro atoms. The second-order valence-corrected chi connectivity index (χ2v) is 7.36. The van der Waals surface area contributed by atoms with E-state index in [9.17, 15) is 13.6 Å². The Morgan fingerprint density at radius 1 is 1.08 bits per heavy atom. The van der Waals surface area contributed by atoms with Gasteiger partial charge in [-0.2, -0.15) is 8.78 Å². The monoisotopic (exact) mass is 366 g/mol. The highest BCUT2D eigenvalue weighted by Gasteiger charge is 2.25. The van der Waals surface area contributed by atoms with Crippen molar-refractivity contribution in [3.05, 3.63) is 29.8 Å². The molecule has 1 amide bonds. The molecule has 0 unspecified atom stereocenters. The minimum atomic E-state index is -2.83. The molecular weight excluding hydrogens is 338 g/mol. The number of nitrogens with zero attached hydrogens (tertiary/aromatic N) is 2. The summed E-state index contributed by atoms with van der Waals surface area (Å²) in [4.78, 5) is 16.6. The van der Waals surface area contributed by atoms with Crippen LogP contribution in [0.3, 0.4) is 0 Å². The molecule has 144 valence electrons. The van der Waals surface area contributed by atoms with E-state index in [0.29, 0.717) is 32.0 Å². The van der Waals surface area contributed by atoms with Crippen LogP contribution < -0.4 is 4.74 Å². The van der Waals surface area contributed by atoms with E-state index in [1.165, 1.54) is 32.1 Å². The van der Waals surface area contributed by atoms with Gasteiger partial charge in [-0.15, -0.1) is 0 Å². The number of hydrogen-bond acceptors (Lipinski definition) is 3. The number of halogens is 2. The van der Waals surface area contributed by atoms with Gasteiger partial charge in [0, 0.05) is 44.7 Å². The van der Waals surface area contributed by atoms with Gasteiger partial charge in [0.15, 0.2) is 0 Å². The Kier molecular flexibility index (Phi) is 6.83. The fourth-order valence-corrected chi connectivity index (χ4v) is 4.03. The maximum absolute atomic E-state index is 12.6. The average molecular weight is 366 g/mol. The Bertz CT molecular complexity index is 591. The molecule has 2 fully saturated rings. The first-order valence-corrected chi connectivity index (χ1v) is 9.64. The first kappa shape index (κ1) is 19.1. The van der Waals surface area contributed by atoms with E-state index in [1.807, 2.05) is 17.0 Å². The van der Waals surface area contributed by atoms with Gasteiger partial charge in [0.2, 0.25) is 5.91 Å². The molecule has 0 radical (unpaired) electrons. The third-order valence-corrected chi connectivity index (χ3v) is 5.47. The van der Waals surface area contributed by atoms with Crippen LogP contribution in [0.2, 0.25) is 0 Å². The topological polar surface area (TPSA) is 32.8 Å². The van der Waals surface area contributed by atoms with Gasteiger partial charge in [0.25, 0.3) is 0 Å². The molecule has 6 heteroatoms. The van der Waals surface area contributed by atoms with Crippen LogP contribution in [0.5, 0.6) is 5.75 Å². The summed E-state index contributed by atoms with van der Waals surface area (Å²) >= 11 is 0. The highest BCUT2D eigenvalue weighted by atomic mass is 19.3. The van der Waals surface area contributed by atoms with Crippen molar-refractivity contribution >= 4 is 5.91 Å². The summed E-state index contributed by atoms with van der Waals surface area (Å²) in [5.41, 5.74) is 0.737. The van der Waals surface area contributed by atoms with Gasteiger partial charge in [-0.25, -0.2) is 0 Å². The minimum Gasteiger partial charge on any atom is -0.434 e. The van der Waals surface area contributed by atoms with E-state index >= 15 is 0 Å². The Hall–Kier alpha value is -1.69. The Morgan fingerprint density at radius 3 is 2.62 bits per heavy atom. The van der Waals surface area contributed by atoms with Crippen LogP contribution in [0.4, 0.5) is 8.78 Å². The summed E-state index contributed by atoms with van der Waals surface area (Å²) < 4.78 is 29.8. The number of ether oxygens (including phenoxy) is 1. The lowest BCUT2D eigenvalue weighted by molar-refractivity contribution is -0.131. The SMILES string of the molecule is O=C1CCN(Cc2ccccc2OC(F)F)CCN1CC1CCCCC1. The van der Waals surface area contributed by atoms with Crippen LogP contribution >= 0.6 is 0 Å². The Balaban J connectivity index is 1.57. The first-order chi connectivity index (χ1) is 12.6. The highest BCUT2D eigenvalue weighted by Crippen LogP contribution is 2.26. The van der Waals surface area contributed by atoms with Crippen molar-refractivity contribution in [1.29, 1.82) is 0 Å². The zero-order valence-corrected chi connectivity index (χ0v) is 15.2. The average Bonchev–Trinajstić information content (AvgIpc) is 2.80. The van der Waals surface area contributed by atoms with Gasteiger partial charge in [-0.1, -0.05) is 37.5 Å². The van der Waals surface area contributed by atoms with Crippen LogP contribution in [0.25, 0.3) is 0 Å². The zero-order valence-electron chi connectivity index (χ0n) is 15.2. The lowest BCUT2D eigenvalue weighted by atomic mass is 9.89. The smallest absolute Gasteiger partial charge is 0.387 e.